The molecule has 0 aliphatic carbocycles. The van der Waals surface area contributed by atoms with E-state index in [1.165, 1.54) is 11.8 Å². The summed E-state index contributed by atoms with van der Waals surface area (Å²) in [5, 5.41) is 8.81. The minimum atomic E-state index is -1.22. The second-order valence-electron chi connectivity index (χ2n) is 3.79. The average Bonchev–Trinajstić information content (AvgIpc) is 2.35. The second kappa shape index (κ2) is 2.88. The van der Waals surface area contributed by atoms with Gasteiger partial charge in [0.2, 0.25) is 11.8 Å². The Labute approximate surface area is 89.8 Å². The van der Waals surface area contributed by atoms with E-state index in [1.807, 2.05) is 0 Å². The Morgan fingerprint density at radius 1 is 1.67 bits per heavy atom. The lowest BCUT2D eigenvalue weighted by Crippen LogP contribution is -2.59. The van der Waals surface area contributed by atoms with Crippen molar-refractivity contribution >= 4 is 29.5 Å². The lowest BCUT2D eigenvalue weighted by molar-refractivity contribution is -0.158. The first-order valence-electron chi connectivity index (χ1n) is 4.39. The summed E-state index contributed by atoms with van der Waals surface area (Å²) >= 11 is 1.16. The van der Waals surface area contributed by atoms with Crippen LogP contribution in [0, 0.1) is 0 Å². The normalized spacial score (nSPS) is 38.5. The molecule has 15 heavy (non-hydrogen) atoms. The molecule has 3 N–H and O–H groups in total. The van der Waals surface area contributed by atoms with Crippen molar-refractivity contribution in [3.05, 3.63) is 0 Å². The third-order valence-electron chi connectivity index (χ3n) is 2.85. The molecule has 82 valence electrons. The van der Waals surface area contributed by atoms with E-state index in [1.54, 1.807) is 0 Å². The van der Waals surface area contributed by atoms with Crippen molar-refractivity contribution in [1.82, 2.24) is 4.90 Å². The van der Waals surface area contributed by atoms with Crippen LogP contribution in [0.25, 0.3) is 0 Å². The maximum Gasteiger partial charge on any atom is 0.328 e. The van der Waals surface area contributed by atoms with Gasteiger partial charge in [-0.3, -0.25) is 9.59 Å². The third-order valence-corrected chi connectivity index (χ3v) is 4.43. The molecule has 2 fully saturated rings. The van der Waals surface area contributed by atoms with Crippen LogP contribution >= 0.6 is 11.8 Å². The predicted molar refractivity (Wildman–Crippen MR) is 51.9 cm³/mol. The molecule has 2 aliphatic heterocycles. The standard InChI is InChI=1S/C8H10N2O4S/c1-8(7(9)14)5(6(12)13)10-3(11)2-4(10)15-8/h4-5H,2H2,1H3,(H2,9,14)(H,12,13)/t4-,5+,8-/m1/s1. The molecule has 0 aromatic rings. The molecule has 2 heterocycles. The molecule has 0 radical (unpaired) electrons. The molecule has 0 aromatic carbocycles. The lowest BCUT2D eigenvalue weighted by atomic mass is 9.96. The summed E-state index contributed by atoms with van der Waals surface area (Å²) < 4.78 is -1.22. The van der Waals surface area contributed by atoms with Gasteiger partial charge in [0, 0.05) is 0 Å². The number of nitrogens with zero attached hydrogens (tertiary/aromatic N) is 1. The minimum Gasteiger partial charge on any atom is -0.480 e. The number of hydrogen-bond acceptors (Lipinski definition) is 4. The Morgan fingerprint density at radius 3 is 2.67 bits per heavy atom. The number of carboxylic acid groups (broad SMARTS) is 1. The van der Waals surface area contributed by atoms with Gasteiger partial charge in [-0.25, -0.2) is 4.79 Å². The number of carboxylic acids is 1. The Balaban J connectivity index is 2.39. The number of amides is 2. The smallest absolute Gasteiger partial charge is 0.328 e. The van der Waals surface area contributed by atoms with Gasteiger partial charge < -0.3 is 15.7 Å². The minimum absolute atomic E-state index is 0.212. The summed E-state index contributed by atoms with van der Waals surface area (Å²) in [6.07, 6.45) is 0.289. The number of hydrogen-bond donors (Lipinski definition) is 2. The van der Waals surface area contributed by atoms with Crippen LogP contribution in [0.2, 0.25) is 0 Å². The highest BCUT2D eigenvalue weighted by molar-refractivity contribution is 8.02. The first-order valence-corrected chi connectivity index (χ1v) is 5.27. The summed E-state index contributed by atoms with van der Waals surface area (Å²) in [4.78, 5) is 34.8. The summed E-state index contributed by atoms with van der Waals surface area (Å²) in [7, 11) is 0. The van der Waals surface area contributed by atoms with E-state index in [9.17, 15) is 14.4 Å². The first-order chi connectivity index (χ1) is 6.88. The van der Waals surface area contributed by atoms with E-state index in [4.69, 9.17) is 10.8 Å². The van der Waals surface area contributed by atoms with Gasteiger partial charge in [-0.2, -0.15) is 0 Å². The van der Waals surface area contributed by atoms with Gasteiger partial charge >= 0.3 is 5.97 Å². The Kier molecular flexibility index (Phi) is 1.97. The number of carbonyl (C=O) groups is 3. The summed E-state index contributed by atoms with van der Waals surface area (Å²) in [6, 6.07) is -1.13. The highest BCUT2D eigenvalue weighted by atomic mass is 32.2. The first kappa shape index (κ1) is 10.3. The zero-order valence-corrected chi connectivity index (χ0v) is 8.78. The number of fused-ring (bicyclic) bond motifs is 1. The van der Waals surface area contributed by atoms with Gasteiger partial charge in [0.15, 0.2) is 6.04 Å². The fraction of sp³-hybridized carbons (Fsp3) is 0.625. The Hall–Kier alpha value is -1.24. The molecule has 0 aromatic heterocycles. The third kappa shape index (κ3) is 1.16. The average molecular weight is 230 g/mol. The van der Waals surface area contributed by atoms with Gasteiger partial charge in [0.1, 0.15) is 4.75 Å². The van der Waals surface area contributed by atoms with E-state index < -0.39 is 22.7 Å². The van der Waals surface area contributed by atoms with Crippen molar-refractivity contribution in [2.24, 2.45) is 5.73 Å². The number of thioether (sulfide) groups is 1. The highest BCUT2D eigenvalue weighted by Gasteiger charge is 2.63. The summed E-state index contributed by atoms with van der Waals surface area (Å²) in [5.74, 6) is -2.11. The molecule has 2 amide bonds. The van der Waals surface area contributed by atoms with Gasteiger partial charge in [-0.1, -0.05) is 0 Å². The molecule has 6 nitrogen and oxygen atoms in total. The highest BCUT2D eigenvalue weighted by Crippen LogP contribution is 2.50. The molecule has 0 saturated carbocycles. The number of aliphatic carboxylic acids is 1. The molecule has 2 aliphatic rings. The predicted octanol–water partition coefficient (Wildman–Crippen LogP) is -1.01. The van der Waals surface area contributed by atoms with Crippen LogP contribution in [0.15, 0.2) is 0 Å². The number of primary amides is 1. The Bertz CT molecular complexity index is 372. The largest absolute Gasteiger partial charge is 0.480 e. The number of rotatable bonds is 2. The van der Waals surface area contributed by atoms with E-state index in [-0.39, 0.29) is 17.7 Å². The quantitative estimate of drug-likeness (QED) is 0.592. The van der Waals surface area contributed by atoms with Crippen molar-refractivity contribution in [2.45, 2.75) is 29.5 Å². The molecular formula is C8H10N2O4S. The van der Waals surface area contributed by atoms with Crippen molar-refractivity contribution < 1.29 is 19.5 Å². The zero-order chi connectivity index (χ0) is 11.4. The maximum absolute atomic E-state index is 11.3. The van der Waals surface area contributed by atoms with Crippen LogP contribution in [0.1, 0.15) is 13.3 Å². The summed E-state index contributed by atoms with van der Waals surface area (Å²) in [6.45, 7) is 1.48. The van der Waals surface area contributed by atoms with Gasteiger partial charge in [0.25, 0.3) is 0 Å². The fourth-order valence-electron chi connectivity index (χ4n) is 1.97. The van der Waals surface area contributed by atoms with Crippen LogP contribution in [0.4, 0.5) is 0 Å². The molecule has 2 rings (SSSR count). The van der Waals surface area contributed by atoms with Crippen LogP contribution in [-0.4, -0.2) is 44.0 Å². The zero-order valence-electron chi connectivity index (χ0n) is 7.97. The second-order valence-corrected chi connectivity index (χ2v) is 5.42. The molecule has 3 atom stereocenters. The SMILES string of the molecule is C[C@@]1(C(N)=O)S[C@@H]2CC(=O)N2[C@H]1C(=O)O. The van der Waals surface area contributed by atoms with Crippen LogP contribution in [-0.2, 0) is 14.4 Å². The summed E-state index contributed by atoms with van der Waals surface area (Å²) in [5.41, 5.74) is 5.20. The van der Waals surface area contributed by atoms with Crippen molar-refractivity contribution in [3.63, 3.8) is 0 Å². The monoisotopic (exact) mass is 230 g/mol. The van der Waals surface area contributed by atoms with Gasteiger partial charge in [-0.05, 0) is 6.92 Å². The molecule has 0 bridgehead atoms. The van der Waals surface area contributed by atoms with Gasteiger partial charge in [0.05, 0.1) is 11.8 Å². The van der Waals surface area contributed by atoms with Crippen molar-refractivity contribution in [2.75, 3.05) is 0 Å². The van der Waals surface area contributed by atoms with Crippen LogP contribution < -0.4 is 5.73 Å². The van der Waals surface area contributed by atoms with Crippen LogP contribution in [0.5, 0.6) is 0 Å². The lowest BCUT2D eigenvalue weighted by Gasteiger charge is -2.36. The molecule has 0 spiro atoms. The molecule has 0 unspecified atom stereocenters. The Morgan fingerprint density at radius 2 is 2.27 bits per heavy atom. The van der Waals surface area contributed by atoms with E-state index in [0.717, 1.165) is 11.8 Å². The topological polar surface area (TPSA) is 101 Å². The maximum atomic E-state index is 11.3. The molecular weight excluding hydrogens is 220 g/mol. The van der Waals surface area contributed by atoms with Crippen molar-refractivity contribution in [3.8, 4) is 0 Å². The number of β-lactam (4-membered cyclic amide) rings is 1. The number of nitrogens with two attached hydrogens (primary N) is 1. The van der Waals surface area contributed by atoms with E-state index >= 15 is 0 Å². The number of carbonyl (C=O) groups excluding carboxylic acids is 2. The van der Waals surface area contributed by atoms with Crippen LogP contribution in [0.3, 0.4) is 0 Å². The fourth-order valence-corrected chi connectivity index (χ4v) is 3.57. The molecule has 7 heteroatoms. The molecule has 2 saturated heterocycles. The van der Waals surface area contributed by atoms with E-state index in [0.29, 0.717) is 0 Å². The van der Waals surface area contributed by atoms with Gasteiger partial charge in [-0.15, -0.1) is 11.8 Å². The van der Waals surface area contributed by atoms with E-state index in [2.05, 4.69) is 0 Å². The van der Waals surface area contributed by atoms with Crippen molar-refractivity contribution in [1.29, 1.82) is 0 Å².